The third kappa shape index (κ3) is 7.05. The van der Waals surface area contributed by atoms with Crippen LogP contribution < -0.4 is 5.56 Å². The Bertz CT molecular complexity index is 2780. The summed E-state index contributed by atoms with van der Waals surface area (Å²) in [5.41, 5.74) is 8.00. The molecular formula is C53H51N7O2. The summed E-state index contributed by atoms with van der Waals surface area (Å²) in [4.78, 5) is 26.1. The maximum atomic E-state index is 14.5. The van der Waals surface area contributed by atoms with Gasteiger partial charge in [-0.05, 0) is 87.7 Å². The first-order valence-electron chi connectivity index (χ1n) is 22.1. The highest BCUT2D eigenvalue weighted by molar-refractivity contribution is 5.81. The lowest BCUT2D eigenvalue weighted by atomic mass is 9.77. The molecule has 9 heteroatoms. The van der Waals surface area contributed by atoms with E-state index in [1.807, 2.05) is 45.6 Å². The van der Waals surface area contributed by atoms with Gasteiger partial charge < -0.3 is 0 Å². The molecule has 62 heavy (non-hydrogen) atoms. The van der Waals surface area contributed by atoms with Crippen molar-refractivity contribution in [2.45, 2.75) is 82.5 Å². The molecule has 0 radical (unpaired) electrons. The fourth-order valence-electron chi connectivity index (χ4n) is 9.87. The van der Waals surface area contributed by atoms with Crippen molar-refractivity contribution in [1.82, 2.24) is 34.8 Å². The number of hydrogen-bond acceptors (Lipinski definition) is 7. The normalized spacial score (nSPS) is 17.9. The number of piperidine rings is 1. The Balaban J connectivity index is 1.02. The standard InChI is InChI=1S/C53H51N7O2/c1-3-4-26-49-54-47-32-31-40(48-36-52(2)33-16-17-34-59(52)62-48)35-46(47)51(61)58(49)37-38-27-29-39(30-28-38)44-24-14-15-25-45(44)50-55-56-57-60(50)53(41-18-8-5-9-19-41,42-20-10-6-11-21-42)43-22-12-7-13-23-43/h5-15,18-25,27-32,35,48H,3-4,16-17,26,33-34,36-37H2,1-2H3. The van der Waals surface area contributed by atoms with Crippen LogP contribution in [0.3, 0.4) is 0 Å². The lowest BCUT2D eigenvalue weighted by Crippen LogP contribution is -2.43. The topological polar surface area (TPSA) is 91.0 Å². The number of benzene rings is 6. The van der Waals surface area contributed by atoms with E-state index in [1.165, 1.54) is 6.42 Å². The van der Waals surface area contributed by atoms with Crippen LogP contribution in [0.1, 0.15) is 92.1 Å². The molecule has 2 aliphatic heterocycles. The molecule has 10 rings (SSSR count). The van der Waals surface area contributed by atoms with Crippen molar-refractivity contribution in [3.8, 4) is 22.5 Å². The van der Waals surface area contributed by atoms with E-state index in [-0.39, 0.29) is 17.2 Å². The molecular weight excluding hydrogens is 767 g/mol. The van der Waals surface area contributed by atoms with Gasteiger partial charge in [-0.3, -0.25) is 14.2 Å². The third-order valence-electron chi connectivity index (χ3n) is 13.1. The second-order valence-electron chi connectivity index (χ2n) is 17.1. The molecule has 0 spiro atoms. The minimum atomic E-state index is -0.879. The zero-order valence-corrected chi connectivity index (χ0v) is 35.4. The van der Waals surface area contributed by atoms with Gasteiger partial charge in [0.2, 0.25) is 0 Å². The van der Waals surface area contributed by atoms with E-state index in [0.717, 1.165) is 101 Å². The van der Waals surface area contributed by atoms with Crippen molar-refractivity contribution in [3.05, 3.63) is 202 Å². The molecule has 4 heterocycles. The van der Waals surface area contributed by atoms with Crippen LogP contribution in [0, 0.1) is 0 Å². The van der Waals surface area contributed by atoms with Crippen molar-refractivity contribution in [2.24, 2.45) is 0 Å². The van der Waals surface area contributed by atoms with Crippen LogP contribution in [0.2, 0.25) is 0 Å². The minimum absolute atomic E-state index is 0.00938. The Morgan fingerprint density at radius 2 is 1.40 bits per heavy atom. The summed E-state index contributed by atoms with van der Waals surface area (Å²) < 4.78 is 3.86. The van der Waals surface area contributed by atoms with Crippen molar-refractivity contribution in [2.75, 3.05) is 6.54 Å². The first kappa shape index (κ1) is 39.6. The average molecular weight is 818 g/mol. The van der Waals surface area contributed by atoms with E-state index in [9.17, 15) is 4.79 Å². The van der Waals surface area contributed by atoms with Crippen molar-refractivity contribution < 1.29 is 4.84 Å². The number of rotatable bonds is 12. The van der Waals surface area contributed by atoms with Gasteiger partial charge in [0, 0.05) is 30.5 Å². The SMILES string of the molecule is CCCCc1nc2ccc(C3CC4(C)CCCCN4O3)cc2c(=O)n1Cc1ccc(-c2ccccc2-c2nnnn2C(c2ccccc2)(c2ccccc2)c2ccccc2)cc1. The Morgan fingerprint density at radius 1 is 0.758 bits per heavy atom. The van der Waals surface area contributed by atoms with E-state index in [4.69, 9.17) is 20.1 Å². The molecule has 2 fully saturated rings. The van der Waals surface area contributed by atoms with Crippen LogP contribution in [-0.2, 0) is 23.3 Å². The maximum Gasteiger partial charge on any atom is 0.261 e. The van der Waals surface area contributed by atoms with Gasteiger partial charge in [0.05, 0.1) is 17.4 Å². The summed E-state index contributed by atoms with van der Waals surface area (Å²) in [5.74, 6) is 1.46. The first-order chi connectivity index (χ1) is 30.5. The van der Waals surface area contributed by atoms with E-state index < -0.39 is 5.54 Å². The van der Waals surface area contributed by atoms with Crippen molar-refractivity contribution in [3.63, 3.8) is 0 Å². The molecule has 0 N–H and O–H groups in total. The summed E-state index contributed by atoms with van der Waals surface area (Å²) in [7, 11) is 0. The fraction of sp³-hybridized carbons (Fsp3) is 0.264. The number of tetrazole rings is 1. The number of nitrogens with zero attached hydrogens (tertiary/aromatic N) is 7. The molecule has 0 aliphatic carbocycles. The van der Waals surface area contributed by atoms with E-state index >= 15 is 0 Å². The van der Waals surface area contributed by atoms with Crippen molar-refractivity contribution in [1.29, 1.82) is 0 Å². The lowest BCUT2D eigenvalue weighted by molar-refractivity contribution is -0.196. The van der Waals surface area contributed by atoms with Crippen LogP contribution >= 0.6 is 0 Å². The largest absolute Gasteiger partial charge is 0.292 e. The van der Waals surface area contributed by atoms with Crippen LogP contribution in [0.5, 0.6) is 0 Å². The van der Waals surface area contributed by atoms with Crippen LogP contribution in [0.25, 0.3) is 33.4 Å². The summed E-state index contributed by atoms with van der Waals surface area (Å²) in [5, 5.41) is 16.7. The number of hydroxylamine groups is 2. The fourth-order valence-corrected chi connectivity index (χ4v) is 9.87. The molecule has 9 nitrogen and oxygen atoms in total. The monoisotopic (exact) mass is 817 g/mol. The zero-order chi connectivity index (χ0) is 42.1. The van der Waals surface area contributed by atoms with E-state index in [2.05, 4.69) is 145 Å². The zero-order valence-electron chi connectivity index (χ0n) is 35.4. The van der Waals surface area contributed by atoms with Gasteiger partial charge in [0.15, 0.2) is 5.82 Å². The highest BCUT2D eigenvalue weighted by Gasteiger charge is 2.45. The van der Waals surface area contributed by atoms with Gasteiger partial charge in [-0.2, -0.15) is 5.06 Å². The van der Waals surface area contributed by atoms with Gasteiger partial charge in [-0.15, -0.1) is 5.10 Å². The van der Waals surface area contributed by atoms with Crippen LogP contribution in [0.4, 0.5) is 0 Å². The number of hydrogen-bond donors (Lipinski definition) is 0. The molecule has 8 aromatic rings. The smallest absolute Gasteiger partial charge is 0.261 e. The number of unbranched alkanes of at least 4 members (excludes halogenated alkanes) is 1. The summed E-state index contributed by atoms with van der Waals surface area (Å²) in [6.45, 7) is 5.86. The molecule has 0 bridgehead atoms. The molecule has 310 valence electrons. The number of aromatic nitrogens is 6. The Labute approximate surface area is 362 Å². The lowest BCUT2D eigenvalue weighted by Gasteiger charge is -2.36. The van der Waals surface area contributed by atoms with Crippen LogP contribution in [0.15, 0.2) is 163 Å². The summed E-state index contributed by atoms with van der Waals surface area (Å²) >= 11 is 0. The first-order valence-corrected chi connectivity index (χ1v) is 22.1. The molecule has 2 unspecified atom stereocenters. The second kappa shape index (κ2) is 16.7. The Morgan fingerprint density at radius 3 is 2.05 bits per heavy atom. The molecule has 0 amide bonds. The van der Waals surface area contributed by atoms with Crippen molar-refractivity contribution >= 4 is 10.9 Å². The maximum absolute atomic E-state index is 14.5. The Kier molecular flexibility index (Phi) is 10.7. The average Bonchev–Trinajstić information content (AvgIpc) is 3.96. The number of aryl methyl sites for hydroxylation is 1. The van der Waals surface area contributed by atoms with Gasteiger partial charge in [-0.1, -0.05) is 165 Å². The van der Waals surface area contributed by atoms with Gasteiger partial charge in [-0.25, -0.2) is 9.67 Å². The molecule has 2 atom stereocenters. The predicted molar refractivity (Wildman–Crippen MR) is 244 cm³/mol. The molecule has 6 aromatic carbocycles. The predicted octanol–water partition coefficient (Wildman–Crippen LogP) is 10.6. The van der Waals surface area contributed by atoms with Gasteiger partial charge >= 0.3 is 0 Å². The minimum Gasteiger partial charge on any atom is -0.292 e. The number of fused-ring (bicyclic) bond motifs is 2. The summed E-state index contributed by atoms with van der Waals surface area (Å²) in [6, 6.07) is 54.4. The third-order valence-corrected chi connectivity index (χ3v) is 13.1. The second-order valence-corrected chi connectivity index (χ2v) is 17.1. The van der Waals surface area contributed by atoms with Crippen LogP contribution in [-0.4, -0.2) is 46.9 Å². The van der Waals surface area contributed by atoms with Gasteiger partial charge in [0.1, 0.15) is 17.5 Å². The Hall–Kier alpha value is -6.55. The highest BCUT2D eigenvalue weighted by Crippen LogP contribution is 2.46. The highest BCUT2D eigenvalue weighted by atomic mass is 16.7. The van der Waals surface area contributed by atoms with E-state index in [1.54, 1.807) is 0 Å². The van der Waals surface area contributed by atoms with E-state index in [0.29, 0.717) is 17.8 Å². The molecule has 2 saturated heterocycles. The quantitative estimate of drug-likeness (QED) is 0.113. The summed E-state index contributed by atoms with van der Waals surface area (Å²) in [6.07, 6.45) is 7.07. The molecule has 0 saturated carbocycles. The molecule has 2 aromatic heterocycles. The van der Waals surface area contributed by atoms with Gasteiger partial charge in [0.25, 0.3) is 5.56 Å². The molecule has 2 aliphatic rings.